The van der Waals surface area contributed by atoms with Gasteiger partial charge in [-0.25, -0.2) is 18.1 Å². The molecule has 8 heteroatoms. The number of aryl methyl sites for hydroxylation is 1. The number of methoxy groups -OCH3 is 1. The van der Waals surface area contributed by atoms with Crippen molar-refractivity contribution in [3.05, 3.63) is 12.0 Å². The lowest BCUT2D eigenvalue weighted by molar-refractivity contribution is 0.188. The third-order valence-corrected chi connectivity index (χ3v) is 4.62. The van der Waals surface area contributed by atoms with Gasteiger partial charge in [0.1, 0.15) is 5.82 Å². The molecule has 0 aliphatic heterocycles. The van der Waals surface area contributed by atoms with Crippen molar-refractivity contribution >= 4 is 26.0 Å². The Morgan fingerprint density at radius 1 is 1.61 bits per heavy atom. The van der Waals surface area contributed by atoms with Gasteiger partial charge in [0.15, 0.2) is 5.03 Å². The fraction of sp³-hybridized carbons (Fsp3) is 0.700. The van der Waals surface area contributed by atoms with E-state index in [1.54, 1.807) is 7.11 Å². The second kappa shape index (κ2) is 7.22. The molecule has 1 aromatic heterocycles. The Hall–Kier alpha value is -0.440. The van der Waals surface area contributed by atoms with E-state index in [1.807, 2.05) is 6.92 Å². The van der Waals surface area contributed by atoms with Crippen LogP contribution >= 0.6 is 15.9 Å². The number of sulfonamides is 1. The quantitative estimate of drug-likeness (QED) is 0.693. The van der Waals surface area contributed by atoms with Crippen LogP contribution in [0.2, 0.25) is 0 Å². The topological polar surface area (TPSA) is 84.1 Å². The number of nitrogens with one attached hydrogen (secondary N) is 2. The van der Waals surface area contributed by atoms with Gasteiger partial charge in [-0.1, -0.05) is 22.9 Å². The molecule has 0 radical (unpaired) electrons. The first-order valence-corrected chi connectivity index (χ1v) is 8.25. The van der Waals surface area contributed by atoms with Gasteiger partial charge < -0.3 is 9.72 Å². The number of halogens is 1. The molecule has 1 unspecified atom stereocenters. The molecule has 0 amide bonds. The summed E-state index contributed by atoms with van der Waals surface area (Å²) in [4.78, 5) is 6.77. The fourth-order valence-electron chi connectivity index (χ4n) is 1.37. The molecule has 104 valence electrons. The summed E-state index contributed by atoms with van der Waals surface area (Å²) in [6, 6.07) is -0.205. The van der Waals surface area contributed by atoms with E-state index in [0.29, 0.717) is 30.6 Å². The van der Waals surface area contributed by atoms with Gasteiger partial charge in [-0.05, 0) is 6.42 Å². The van der Waals surface area contributed by atoms with Gasteiger partial charge in [-0.2, -0.15) is 0 Å². The number of imidazole rings is 1. The summed E-state index contributed by atoms with van der Waals surface area (Å²) in [5, 5.41) is 0.632. The van der Waals surface area contributed by atoms with Crippen molar-refractivity contribution in [2.45, 2.75) is 30.8 Å². The Balaban J connectivity index is 2.73. The molecule has 18 heavy (non-hydrogen) atoms. The SMILES string of the molecule is CCc1ncc(S(=O)(=O)NC(CBr)CCOC)[nH]1. The summed E-state index contributed by atoms with van der Waals surface area (Å²) in [6.45, 7) is 2.41. The van der Waals surface area contributed by atoms with Crippen LogP contribution in [-0.4, -0.2) is 43.5 Å². The van der Waals surface area contributed by atoms with Crippen LogP contribution in [0.5, 0.6) is 0 Å². The van der Waals surface area contributed by atoms with Gasteiger partial charge in [0.2, 0.25) is 0 Å². The number of rotatable bonds is 8. The molecule has 1 rings (SSSR count). The first kappa shape index (κ1) is 15.6. The molecule has 2 N–H and O–H groups in total. The molecule has 0 aliphatic carbocycles. The number of aromatic amines is 1. The van der Waals surface area contributed by atoms with Gasteiger partial charge in [0, 0.05) is 31.5 Å². The Morgan fingerprint density at radius 3 is 2.83 bits per heavy atom. The van der Waals surface area contributed by atoms with Crippen LogP contribution < -0.4 is 4.72 Å². The smallest absolute Gasteiger partial charge is 0.257 e. The normalized spacial score (nSPS) is 13.7. The van der Waals surface area contributed by atoms with E-state index >= 15 is 0 Å². The molecule has 6 nitrogen and oxygen atoms in total. The minimum atomic E-state index is -3.54. The summed E-state index contributed by atoms with van der Waals surface area (Å²) in [6.07, 6.45) is 2.61. The molecule has 0 aliphatic rings. The molecule has 0 saturated carbocycles. The Kier molecular flexibility index (Phi) is 6.27. The molecular weight excluding hydrogens is 322 g/mol. The van der Waals surface area contributed by atoms with E-state index in [1.165, 1.54) is 6.20 Å². The van der Waals surface area contributed by atoms with Crippen LogP contribution in [0.1, 0.15) is 19.2 Å². The van der Waals surface area contributed by atoms with E-state index in [4.69, 9.17) is 4.74 Å². The number of H-pyrrole nitrogens is 1. The van der Waals surface area contributed by atoms with E-state index < -0.39 is 10.0 Å². The van der Waals surface area contributed by atoms with Crippen molar-refractivity contribution in [2.24, 2.45) is 0 Å². The highest BCUT2D eigenvalue weighted by molar-refractivity contribution is 9.09. The minimum absolute atomic E-state index is 0.0997. The monoisotopic (exact) mass is 339 g/mol. The Labute approximate surface area is 116 Å². The highest BCUT2D eigenvalue weighted by Crippen LogP contribution is 2.09. The van der Waals surface area contributed by atoms with Crippen LogP contribution in [-0.2, 0) is 21.2 Å². The molecular formula is C10H18BrN3O3S. The van der Waals surface area contributed by atoms with E-state index in [-0.39, 0.29) is 11.1 Å². The van der Waals surface area contributed by atoms with Crippen molar-refractivity contribution in [3.63, 3.8) is 0 Å². The maximum Gasteiger partial charge on any atom is 0.257 e. The number of hydrogen-bond acceptors (Lipinski definition) is 4. The molecule has 0 saturated heterocycles. The molecule has 0 aromatic carbocycles. The predicted molar refractivity (Wildman–Crippen MR) is 72.4 cm³/mol. The van der Waals surface area contributed by atoms with Crippen molar-refractivity contribution in [1.29, 1.82) is 0 Å². The lowest BCUT2D eigenvalue weighted by Crippen LogP contribution is -2.37. The van der Waals surface area contributed by atoms with E-state index in [9.17, 15) is 8.42 Å². The van der Waals surface area contributed by atoms with E-state index in [0.717, 1.165) is 0 Å². The second-order valence-electron chi connectivity index (χ2n) is 3.80. The highest BCUT2D eigenvalue weighted by atomic mass is 79.9. The van der Waals surface area contributed by atoms with Gasteiger partial charge >= 0.3 is 0 Å². The lowest BCUT2D eigenvalue weighted by atomic mass is 10.3. The fourth-order valence-corrected chi connectivity index (χ4v) is 3.28. The maximum absolute atomic E-state index is 12.0. The Morgan fingerprint density at radius 2 is 2.33 bits per heavy atom. The summed E-state index contributed by atoms with van der Waals surface area (Å²) < 4.78 is 31.6. The van der Waals surface area contributed by atoms with Crippen LogP contribution in [0.15, 0.2) is 11.2 Å². The van der Waals surface area contributed by atoms with Gasteiger partial charge in [-0.15, -0.1) is 0 Å². The van der Waals surface area contributed by atoms with Crippen molar-refractivity contribution in [2.75, 3.05) is 19.0 Å². The van der Waals surface area contributed by atoms with Crippen LogP contribution in [0.3, 0.4) is 0 Å². The molecule has 1 aromatic rings. The third-order valence-electron chi connectivity index (χ3n) is 2.41. The zero-order valence-electron chi connectivity index (χ0n) is 10.4. The number of hydrogen-bond donors (Lipinski definition) is 2. The van der Waals surface area contributed by atoms with Crippen LogP contribution in [0.4, 0.5) is 0 Å². The number of nitrogens with zero attached hydrogens (tertiary/aromatic N) is 1. The van der Waals surface area contributed by atoms with Crippen molar-refractivity contribution in [1.82, 2.24) is 14.7 Å². The average Bonchev–Trinajstić information content (AvgIpc) is 2.83. The molecule has 0 fully saturated rings. The first-order valence-electron chi connectivity index (χ1n) is 5.64. The van der Waals surface area contributed by atoms with Crippen molar-refractivity contribution in [3.8, 4) is 0 Å². The highest BCUT2D eigenvalue weighted by Gasteiger charge is 2.21. The molecule has 1 heterocycles. The first-order chi connectivity index (χ1) is 8.53. The lowest BCUT2D eigenvalue weighted by Gasteiger charge is -2.14. The summed E-state index contributed by atoms with van der Waals surface area (Å²) in [7, 11) is -1.96. The largest absolute Gasteiger partial charge is 0.385 e. The number of aromatic nitrogens is 2. The van der Waals surface area contributed by atoms with Gasteiger partial charge in [0.05, 0.1) is 6.20 Å². The van der Waals surface area contributed by atoms with Crippen molar-refractivity contribution < 1.29 is 13.2 Å². The Bertz CT molecular complexity index is 461. The van der Waals surface area contributed by atoms with Crippen LogP contribution in [0.25, 0.3) is 0 Å². The minimum Gasteiger partial charge on any atom is -0.385 e. The number of alkyl halides is 1. The van der Waals surface area contributed by atoms with Gasteiger partial charge in [0.25, 0.3) is 10.0 Å². The molecule has 0 bridgehead atoms. The zero-order chi connectivity index (χ0) is 13.6. The van der Waals surface area contributed by atoms with E-state index in [2.05, 4.69) is 30.6 Å². The summed E-state index contributed by atoms with van der Waals surface area (Å²) in [5.74, 6) is 0.655. The van der Waals surface area contributed by atoms with Gasteiger partial charge in [-0.3, -0.25) is 0 Å². The molecule has 0 spiro atoms. The molecule has 1 atom stereocenters. The number of ether oxygens (including phenoxy) is 1. The summed E-state index contributed by atoms with van der Waals surface area (Å²) >= 11 is 3.28. The third kappa shape index (κ3) is 4.34. The average molecular weight is 340 g/mol. The van der Waals surface area contributed by atoms with Crippen LogP contribution in [0, 0.1) is 0 Å². The standard InChI is InChI=1S/C10H18BrN3O3S/c1-3-9-12-7-10(13-9)18(15,16)14-8(6-11)4-5-17-2/h7-8,14H,3-6H2,1-2H3,(H,12,13). The predicted octanol–water partition coefficient (Wildman–Crippen LogP) is 1.05. The zero-order valence-corrected chi connectivity index (χ0v) is 12.8. The summed E-state index contributed by atoms with van der Waals surface area (Å²) in [5.41, 5.74) is 0. The maximum atomic E-state index is 12.0. The second-order valence-corrected chi connectivity index (χ2v) is 6.13.